The molecule has 5 heteroatoms. The minimum absolute atomic E-state index is 0. The molecule has 1 aromatic rings. The van der Waals surface area contributed by atoms with Crippen LogP contribution in [0, 0.1) is 0 Å². The van der Waals surface area contributed by atoms with Crippen molar-refractivity contribution >= 4 is 30.0 Å². The molecule has 0 bridgehead atoms. The van der Waals surface area contributed by atoms with Crippen LogP contribution in [0.1, 0.15) is 12.5 Å². The fourth-order valence-corrected chi connectivity index (χ4v) is 1.44. The van der Waals surface area contributed by atoms with Crippen molar-refractivity contribution < 1.29 is 9.90 Å². The van der Waals surface area contributed by atoms with Gasteiger partial charge in [-0.15, -0.1) is 12.4 Å². The predicted molar refractivity (Wildman–Crippen MR) is 67.3 cm³/mol. The van der Waals surface area contributed by atoms with Crippen molar-refractivity contribution in [2.24, 2.45) is 0 Å². The Balaban J connectivity index is 0.00000225. The number of hydrogen-bond donors (Lipinski definition) is 1. The van der Waals surface area contributed by atoms with Gasteiger partial charge in [-0.05, 0) is 24.2 Å². The average Bonchev–Trinajstić information content (AvgIpc) is 2.19. The highest BCUT2D eigenvalue weighted by atomic mass is 35.5. The first kappa shape index (κ1) is 15.2. The van der Waals surface area contributed by atoms with Crippen molar-refractivity contribution in [3.63, 3.8) is 0 Å². The van der Waals surface area contributed by atoms with Gasteiger partial charge in [-0.25, -0.2) is 0 Å². The maximum Gasteiger partial charge on any atom is 0.317 e. The van der Waals surface area contributed by atoms with E-state index < -0.39 is 5.97 Å². The van der Waals surface area contributed by atoms with E-state index in [0.29, 0.717) is 11.6 Å². The van der Waals surface area contributed by atoms with Gasteiger partial charge in [0.25, 0.3) is 0 Å². The van der Waals surface area contributed by atoms with Crippen molar-refractivity contribution in [1.29, 1.82) is 0 Å². The Hall–Kier alpha value is -0.770. The molecule has 1 rings (SSSR count). The molecule has 0 saturated carbocycles. The molecule has 0 spiro atoms. The number of benzene rings is 1. The number of nitrogens with zero attached hydrogens (tertiary/aromatic N) is 1. The summed E-state index contributed by atoms with van der Waals surface area (Å²) in [5, 5.41) is 9.37. The van der Waals surface area contributed by atoms with Gasteiger partial charge in [-0.1, -0.05) is 30.7 Å². The van der Waals surface area contributed by atoms with E-state index in [1.54, 1.807) is 0 Å². The summed E-state index contributed by atoms with van der Waals surface area (Å²) in [5.74, 6) is -0.800. The van der Waals surface area contributed by atoms with Gasteiger partial charge in [0, 0.05) is 11.6 Å². The smallest absolute Gasteiger partial charge is 0.317 e. The SMILES string of the molecule is CCN(CC(=O)O)Cc1ccc(Cl)cc1.Cl. The molecule has 1 aromatic carbocycles. The van der Waals surface area contributed by atoms with Crippen molar-refractivity contribution in [3.8, 4) is 0 Å². The summed E-state index contributed by atoms with van der Waals surface area (Å²) in [5.41, 5.74) is 1.07. The van der Waals surface area contributed by atoms with Gasteiger partial charge >= 0.3 is 5.97 Å². The summed E-state index contributed by atoms with van der Waals surface area (Å²) in [4.78, 5) is 12.4. The summed E-state index contributed by atoms with van der Waals surface area (Å²) in [6, 6.07) is 7.44. The molecule has 0 unspecified atom stereocenters. The zero-order valence-electron chi connectivity index (χ0n) is 9.02. The van der Waals surface area contributed by atoms with Gasteiger partial charge < -0.3 is 5.11 Å². The minimum atomic E-state index is -0.800. The van der Waals surface area contributed by atoms with E-state index in [1.165, 1.54) is 0 Å². The second-order valence-electron chi connectivity index (χ2n) is 3.32. The first-order chi connectivity index (χ1) is 7.11. The van der Waals surface area contributed by atoms with Crippen LogP contribution in [-0.4, -0.2) is 29.1 Å². The number of carbonyl (C=O) groups is 1. The summed E-state index contributed by atoms with van der Waals surface area (Å²) in [6.45, 7) is 3.37. The Morgan fingerprint density at radius 3 is 2.38 bits per heavy atom. The zero-order valence-corrected chi connectivity index (χ0v) is 10.6. The largest absolute Gasteiger partial charge is 0.480 e. The lowest BCUT2D eigenvalue weighted by molar-refractivity contribution is -0.138. The number of halogens is 2. The number of carboxylic acid groups (broad SMARTS) is 1. The van der Waals surface area contributed by atoms with Crippen LogP contribution in [-0.2, 0) is 11.3 Å². The van der Waals surface area contributed by atoms with Gasteiger partial charge in [-0.2, -0.15) is 0 Å². The van der Waals surface area contributed by atoms with Crippen molar-refractivity contribution in [2.45, 2.75) is 13.5 Å². The van der Waals surface area contributed by atoms with Crippen LogP contribution in [0.5, 0.6) is 0 Å². The Morgan fingerprint density at radius 1 is 1.38 bits per heavy atom. The topological polar surface area (TPSA) is 40.5 Å². The molecule has 16 heavy (non-hydrogen) atoms. The van der Waals surface area contributed by atoms with Gasteiger partial charge in [0.15, 0.2) is 0 Å². The monoisotopic (exact) mass is 263 g/mol. The second kappa shape index (κ2) is 7.49. The number of aliphatic carboxylic acids is 1. The van der Waals surface area contributed by atoms with E-state index in [4.69, 9.17) is 16.7 Å². The molecule has 0 aliphatic heterocycles. The van der Waals surface area contributed by atoms with Crippen LogP contribution in [0.2, 0.25) is 5.02 Å². The number of hydrogen-bond acceptors (Lipinski definition) is 2. The summed E-state index contributed by atoms with van der Waals surface area (Å²) in [6.07, 6.45) is 0. The van der Waals surface area contributed by atoms with Gasteiger partial charge in [-0.3, -0.25) is 9.69 Å². The lowest BCUT2D eigenvalue weighted by Crippen LogP contribution is -2.28. The fourth-order valence-electron chi connectivity index (χ4n) is 1.32. The molecule has 0 saturated heterocycles. The second-order valence-corrected chi connectivity index (χ2v) is 3.76. The third-order valence-electron chi connectivity index (χ3n) is 2.13. The molecular formula is C11H15Cl2NO2. The lowest BCUT2D eigenvalue weighted by atomic mass is 10.2. The molecule has 0 amide bonds. The molecule has 0 aliphatic carbocycles. The molecule has 90 valence electrons. The van der Waals surface area contributed by atoms with Crippen LogP contribution in [0.15, 0.2) is 24.3 Å². The van der Waals surface area contributed by atoms with Crippen molar-refractivity contribution in [3.05, 3.63) is 34.9 Å². The van der Waals surface area contributed by atoms with Gasteiger partial charge in [0.1, 0.15) is 0 Å². The zero-order chi connectivity index (χ0) is 11.3. The van der Waals surface area contributed by atoms with E-state index in [1.807, 2.05) is 36.1 Å². The molecule has 1 N–H and O–H groups in total. The Bertz CT molecular complexity index is 327. The number of likely N-dealkylation sites (N-methyl/N-ethyl adjacent to an activating group) is 1. The standard InChI is InChI=1S/C11H14ClNO2.ClH/c1-2-13(8-11(14)15)7-9-3-5-10(12)6-4-9;/h3-6H,2,7-8H2,1H3,(H,14,15);1H. The molecule has 3 nitrogen and oxygen atoms in total. The fraction of sp³-hybridized carbons (Fsp3) is 0.364. The highest BCUT2D eigenvalue weighted by Gasteiger charge is 2.07. The summed E-state index contributed by atoms with van der Waals surface area (Å²) in [7, 11) is 0. The maximum atomic E-state index is 10.6. The first-order valence-corrected chi connectivity index (χ1v) is 5.18. The van der Waals surface area contributed by atoms with Crippen LogP contribution in [0.25, 0.3) is 0 Å². The highest BCUT2D eigenvalue weighted by Crippen LogP contribution is 2.11. The van der Waals surface area contributed by atoms with E-state index in [2.05, 4.69) is 0 Å². The number of rotatable bonds is 5. The van der Waals surface area contributed by atoms with E-state index in [0.717, 1.165) is 12.1 Å². The van der Waals surface area contributed by atoms with Crippen LogP contribution < -0.4 is 0 Å². The molecule has 0 aromatic heterocycles. The molecule has 0 atom stereocenters. The Labute approximate surface area is 106 Å². The highest BCUT2D eigenvalue weighted by molar-refractivity contribution is 6.30. The molecular weight excluding hydrogens is 249 g/mol. The van der Waals surface area contributed by atoms with Crippen LogP contribution in [0.3, 0.4) is 0 Å². The van der Waals surface area contributed by atoms with Crippen LogP contribution in [0.4, 0.5) is 0 Å². The predicted octanol–water partition coefficient (Wildman–Crippen LogP) is 2.67. The third-order valence-corrected chi connectivity index (χ3v) is 2.38. The van der Waals surface area contributed by atoms with Crippen molar-refractivity contribution in [2.75, 3.05) is 13.1 Å². The van der Waals surface area contributed by atoms with E-state index in [-0.39, 0.29) is 19.0 Å². The van der Waals surface area contributed by atoms with Crippen molar-refractivity contribution in [1.82, 2.24) is 4.90 Å². The maximum absolute atomic E-state index is 10.6. The quantitative estimate of drug-likeness (QED) is 0.888. The van der Waals surface area contributed by atoms with E-state index >= 15 is 0 Å². The lowest BCUT2D eigenvalue weighted by Gasteiger charge is -2.17. The summed E-state index contributed by atoms with van der Waals surface area (Å²) < 4.78 is 0. The van der Waals surface area contributed by atoms with Gasteiger partial charge in [0.05, 0.1) is 6.54 Å². The molecule has 0 fully saturated rings. The average molecular weight is 264 g/mol. The Kier molecular flexibility index (Phi) is 7.13. The van der Waals surface area contributed by atoms with Crippen LogP contribution >= 0.6 is 24.0 Å². The Morgan fingerprint density at radius 2 is 1.94 bits per heavy atom. The number of carboxylic acids is 1. The molecule has 0 aliphatic rings. The van der Waals surface area contributed by atoms with Gasteiger partial charge in [0.2, 0.25) is 0 Å². The first-order valence-electron chi connectivity index (χ1n) is 4.80. The molecule has 0 heterocycles. The minimum Gasteiger partial charge on any atom is -0.480 e. The van der Waals surface area contributed by atoms with E-state index in [9.17, 15) is 4.79 Å². The normalized spacial score (nSPS) is 9.94. The summed E-state index contributed by atoms with van der Waals surface area (Å²) >= 11 is 5.76. The molecule has 0 radical (unpaired) electrons. The third kappa shape index (κ3) is 5.35.